The Morgan fingerprint density at radius 2 is 1.86 bits per heavy atom. The predicted octanol–water partition coefficient (Wildman–Crippen LogP) is 1.91. The Morgan fingerprint density at radius 1 is 1.24 bits per heavy atom. The van der Waals surface area contributed by atoms with E-state index in [0.29, 0.717) is 24.0 Å². The van der Waals surface area contributed by atoms with Gasteiger partial charge in [0.1, 0.15) is 0 Å². The number of nitrogens with zero attached hydrogens (tertiary/aromatic N) is 4. The molecule has 120 valence electrons. The van der Waals surface area contributed by atoms with Gasteiger partial charge in [-0.05, 0) is 19.0 Å². The lowest BCUT2D eigenvalue weighted by Gasteiger charge is -2.35. The van der Waals surface area contributed by atoms with Crippen LogP contribution in [-0.4, -0.2) is 60.5 Å². The summed E-state index contributed by atoms with van der Waals surface area (Å²) in [6.07, 6.45) is 0.605. The van der Waals surface area contributed by atoms with Crippen LogP contribution < -0.4 is 4.90 Å². The Hall–Kier alpha value is -1.14. The fraction of sp³-hybridized carbons (Fsp3) is 0.867. The average Bonchev–Trinajstić information content (AvgIpc) is 2.84. The summed E-state index contributed by atoms with van der Waals surface area (Å²) in [4.78, 5) is 8.96. The number of aromatic nitrogens is 2. The van der Waals surface area contributed by atoms with Crippen molar-refractivity contribution in [1.82, 2.24) is 15.0 Å². The molecule has 1 aliphatic heterocycles. The maximum Gasteiger partial charge on any atom is 0.265 e. The molecule has 0 spiro atoms. The molecule has 2 atom stereocenters. The minimum absolute atomic E-state index is 0.110. The largest absolute Gasteiger partial charge is 0.373 e. The third-order valence-corrected chi connectivity index (χ3v) is 3.65. The van der Waals surface area contributed by atoms with Crippen molar-refractivity contribution in [2.75, 3.05) is 38.1 Å². The van der Waals surface area contributed by atoms with E-state index in [0.717, 1.165) is 26.2 Å². The minimum Gasteiger partial charge on any atom is -0.373 e. The summed E-state index contributed by atoms with van der Waals surface area (Å²) in [5, 5.41) is 4.07. The van der Waals surface area contributed by atoms with Crippen LogP contribution in [-0.2, 0) is 10.2 Å². The van der Waals surface area contributed by atoms with E-state index in [4.69, 9.17) is 9.26 Å². The van der Waals surface area contributed by atoms with Gasteiger partial charge in [0.15, 0.2) is 0 Å². The van der Waals surface area contributed by atoms with Crippen LogP contribution >= 0.6 is 0 Å². The molecule has 2 rings (SSSR count). The van der Waals surface area contributed by atoms with Crippen molar-refractivity contribution >= 4 is 5.95 Å². The maximum absolute atomic E-state index is 5.75. The van der Waals surface area contributed by atoms with Gasteiger partial charge in [-0.15, -0.1) is 0 Å². The van der Waals surface area contributed by atoms with E-state index in [2.05, 4.69) is 49.7 Å². The van der Waals surface area contributed by atoms with Gasteiger partial charge in [0.05, 0.1) is 12.2 Å². The van der Waals surface area contributed by atoms with Crippen LogP contribution in [0.15, 0.2) is 4.52 Å². The van der Waals surface area contributed by atoms with Crippen molar-refractivity contribution < 1.29 is 9.26 Å². The van der Waals surface area contributed by atoms with E-state index in [-0.39, 0.29) is 5.41 Å². The molecule has 0 N–H and O–H groups in total. The van der Waals surface area contributed by atoms with Gasteiger partial charge < -0.3 is 14.2 Å². The van der Waals surface area contributed by atoms with Crippen molar-refractivity contribution in [2.24, 2.45) is 0 Å². The van der Waals surface area contributed by atoms with Gasteiger partial charge in [-0.1, -0.05) is 20.8 Å². The lowest BCUT2D eigenvalue weighted by molar-refractivity contribution is -0.0670. The Balaban J connectivity index is 1.87. The van der Waals surface area contributed by atoms with E-state index in [1.165, 1.54) is 0 Å². The Bertz CT molecular complexity index is 445. The van der Waals surface area contributed by atoms with Crippen LogP contribution in [0, 0.1) is 0 Å². The van der Waals surface area contributed by atoms with Crippen molar-refractivity contribution in [3.8, 4) is 0 Å². The number of likely N-dealkylation sites (N-methyl/N-ethyl adjacent to an activating group) is 1. The highest BCUT2D eigenvalue weighted by atomic mass is 16.5. The molecule has 1 aromatic heterocycles. The van der Waals surface area contributed by atoms with E-state index in [1.807, 2.05) is 11.9 Å². The van der Waals surface area contributed by atoms with E-state index >= 15 is 0 Å². The first-order valence-electron chi connectivity index (χ1n) is 7.69. The zero-order valence-electron chi connectivity index (χ0n) is 14.1. The molecule has 1 fully saturated rings. The van der Waals surface area contributed by atoms with Crippen molar-refractivity contribution in [3.63, 3.8) is 0 Å². The fourth-order valence-corrected chi connectivity index (χ4v) is 2.53. The van der Waals surface area contributed by atoms with E-state index in [9.17, 15) is 0 Å². The van der Waals surface area contributed by atoms with Crippen LogP contribution in [0.25, 0.3) is 0 Å². The lowest BCUT2D eigenvalue weighted by Crippen LogP contribution is -2.47. The monoisotopic (exact) mass is 296 g/mol. The number of ether oxygens (including phenoxy) is 1. The first-order chi connectivity index (χ1) is 9.75. The predicted molar refractivity (Wildman–Crippen MR) is 82.7 cm³/mol. The molecule has 0 aromatic carbocycles. The third-order valence-electron chi connectivity index (χ3n) is 3.65. The SMILES string of the molecule is C[C@@H]1CN(CCN(C)c2noc(C(C)(C)C)n2)C[C@H](C)O1. The number of rotatable bonds is 4. The molecule has 0 bridgehead atoms. The van der Waals surface area contributed by atoms with Gasteiger partial charge in [0.2, 0.25) is 5.89 Å². The standard InChI is InChI=1S/C15H28N4O2/c1-11-9-19(10-12(2)20-11)8-7-18(6)14-16-13(21-17-14)15(3,4)5/h11-12H,7-10H2,1-6H3/t11-,12+. The van der Waals surface area contributed by atoms with Gasteiger partial charge in [-0.3, -0.25) is 4.90 Å². The van der Waals surface area contributed by atoms with Crippen molar-refractivity contribution in [3.05, 3.63) is 5.89 Å². The second-order valence-electron chi connectivity index (χ2n) is 7.09. The zero-order valence-corrected chi connectivity index (χ0v) is 14.1. The second-order valence-corrected chi connectivity index (χ2v) is 7.09. The molecule has 6 nitrogen and oxygen atoms in total. The van der Waals surface area contributed by atoms with Crippen LogP contribution in [0.4, 0.5) is 5.95 Å². The molecule has 0 aliphatic carbocycles. The summed E-state index contributed by atoms with van der Waals surface area (Å²) in [6, 6.07) is 0. The summed E-state index contributed by atoms with van der Waals surface area (Å²) in [6.45, 7) is 14.3. The first-order valence-corrected chi connectivity index (χ1v) is 7.69. The Morgan fingerprint density at radius 3 is 2.38 bits per heavy atom. The Labute approximate surface area is 127 Å². The average molecular weight is 296 g/mol. The van der Waals surface area contributed by atoms with Gasteiger partial charge >= 0.3 is 0 Å². The third kappa shape index (κ3) is 4.41. The molecule has 1 aromatic rings. The highest BCUT2D eigenvalue weighted by Crippen LogP contribution is 2.22. The maximum atomic E-state index is 5.75. The second kappa shape index (κ2) is 6.32. The minimum atomic E-state index is -0.110. The molecule has 1 aliphatic rings. The van der Waals surface area contributed by atoms with Crippen molar-refractivity contribution in [1.29, 1.82) is 0 Å². The number of anilines is 1. The van der Waals surface area contributed by atoms with Gasteiger partial charge in [0, 0.05) is 38.6 Å². The summed E-state index contributed by atoms with van der Waals surface area (Å²) in [5.74, 6) is 1.34. The molecule has 1 saturated heterocycles. The quantitative estimate of drug-likeness (QED) is 0.846. The molecule has 2 heterocycles. The molecule has 21 heavy (non-hydrogen) atoms. The van der Waals surface area contributed by atoms with Crippen LogP contribution in [0.5, 0.6) is 0 Å². The Kier molecular flexibility index (Phi) is 4.88. The normalized spacial score (nSPS) is 24.3. The molecule has 6 heteroatoms. The first kappa shape index (κ1) is 16.2. The van der Waals surface area contributed by atoms with Gasteiger partial charge in [-0.2, -0.15) is 4.98 Å². The lowest BCUT2D eigenvalue weighted by atomic mass is 9.97. The molecule has 0 radical (unpaired) electrons. The molecule has 0 unspecified atom stereocenters. The highest BCUT2D eigenvalue weighted by Gasteiger charge is 2.24. The van der Waals surface area contributed by atoms with Crippen molar-refractivity contribution in [2.45, 2.75) is 52.2 Å². The summed E-state index contributed by atoms with van der Waals surface area (Å²) in [5.41, 5.74) is -0.110. The molecular formula is C15H28N4O2. The number of morpholine rings is 1. The number of hydrogen-bond donors (Lipinski definition) is 0. The van der Waals surface area contributed by atoms with Gasteiger partial charge in [0.25, 0.3) is 5.95 Å². The smallest absolute Gasteiger partial charge is 0.265 e. The summed E-state index contributed by atoms with van der Waals surface area (Å²) < 4.78 is 11.1. The van der Waals surface area contributed by atoms with Gasteiger partial charge in [-0.25, -0.2) is 0 Å². The topological polar surface area (TPSA) is 54.6 Å². The van der Waals surface area contributed by atoms with Crippen LogP contribution in [0.3, 0.4) is 0 Å². The number of hydrogen-bond acceptors (Lipinski definition) is 6. The van der Waals surface area contributed by atoms with E-state index in [1.54, 1.807) is 0 Å². The molecule has 0 amide bonds. The zero-order chi connectivity index (χ0) is 15.6. The summed E-state index contributed by atoms with van der Waals surface area (Å²) in [7, 11) is 2.00. The van der Waals surface area contributed by atoms with Crippen LogP contribution in [0.2, 0.25) is 0 Å². The van der Waals surface area contributed by atoms with Crippen LogP contribution in [0.1, 0.15) is 40.5 Å². The highest BCUT2D eigenvalue weighted by molar-refractivity contribution is 5.26. The summed E-state index contributed by atoms with van der Waals surface area (Å²) >= 11 is 0. The fourth-order valence-electron chi connectivity index (χ4n) is 2.53. The van der Waals surface area contributed by atoms with E-state index < -0.39 is 0 Å². The molecular weight excluding hydrogens is 268 g/mol. The molecule has 0 saturated carbocycles.